The van der Waals surface area contributed by atoms with Crippen molar-refractivity contribution in [2.75, 3.05) is 0 Å². The lowest BCUT2D eigenvalue weighted by Crippen LogP contribution is -1.98. The van der Waals surface area contributed by atoms with Gasteiger partial charge in [0, 0.05) is 10.9 Å². The lowest BCUT2D eigenvalue weighted by molar-refractivity contribution is 0.487. The van der Waals surface area contributed by atoms with Crippen LogP contribution in [0.15, 0.2) is 158 Å². The van der Waals surface area contributed by atoms with Crippen molar-refractivity contribution < 1.29 is 4.74 Å². The Balaban J connectivity index is 1.15. The predicted octanol–water partition coefficient (Wildman–Crippen LogP) is 12.5. The normalized spacial score (nSPS) is 12.2. The number of hydrogen-bond donors (Lipinski definition) is 0. The van der Waals surface area contributed by atoms with E-state index < -0.39 is 0 Å². The molecular weight excluding hydrogens is 544 g/mol. The highest BCUT2D eigenvalue weighted by molar-refractivity contribution is 6.26. The first-order chi connectivity index (χ1) is 22.3. The van der Waals surface area contributed by atoms with Crippen LogP contribution in [0, 0.1) is 0 Å². The molecule has 0 aliphatic carbocycles. The van der Waals surface area contributed by atoms with Gasteiger partial charge in [-0.15, -0.1) is 0 Å². The SMILES string of the molecule is c1ccc(-c2ccc3c4c(cccc24)-c2cc(-c4cc5ccc6ccc(-c7ccccc7)c7ccc(c4)c5c67)ccc2O3)cc1. The highest BCUT2D eigenvalue weighted by Crippen LogP contribution is 2.50. The summed E-state index contributed by atoms with van der Waals surface area (Å²) in [6, 6.07) is 57.3. The zero-order chi connectivity index (χ0) is 29.5. The second kappa shape index (κ2) is 9.29. The van der Waals surface area contributed by atoms with E-state index in [1.807, 2.05) is 0 Å². The second-order valence-corrected chi connectivity index (χ2v) is 12.1. The van der Waals surface area contributed by atoms with Gasteiger partial charge in [-0.1, -0.05) is 127 Å². The Hall–Kier alpha value is -5.92. The van der Waals surface area contributed by atoms with Gasteiger partial charge in [0.05, 0.1) is 0 Å². The fraction of sp³-hybridized carbons (Fsp3) is 0. The molecule has 1 heterocycles. The molecule has 208 valence electrons. The van der Waals surface area contributed by atoms with Crippen LogP contribution in [-0.4, -0.2) is 0 Å². The number of hydrogen-bond acceptors (Lipinski definition) is 1. The average Bonchev–Trinajstić information content (AvgIpc) is 3.11. The minimum Gasteiger partial charge on any atom is -0.456 e. The minimum atomic E-state index is 0.900. The van der Waals surface area contributed by atoms with Crippen LogP contribution in [0.2, 0.25) is 0 Å². The maximum atomic E-state index is 6.54. The van der Waals surface area contributed by atoms with Gasteiger partial charge in [-0.3, -0.25) is 0 Å². The van der Waals surface area contributed by atoms with E-state index >= 15 is 0 Å². The molecule has 0 bridgehead atoms. The molecule has 0 radical (unpaired) electrons. The summed E-state index contributed by atoms with van der Waals surface area (Å²) in [6.45, 7) is 0. The molecule has 1 aliphatic heterocycles. The zero-order valence-corrected chi connectivity index (χ0v) is 24.4. The van der Waals surface area contributed by atoms with E-state index in [-0.39, 0.29) is 0 Å². The smallest absolute Gasteiger partial charge is 0.135 e. The van der Waals surface area contributed by atoms with Gasteiger partial charge in [-0.05, 0) is 107 Å². The molecule has 0 unspecified atom stereocenters. The van der Waals surface area contributed by atoms with Gasteiger partial charge in [0.2, 0.25) is 0 Å². The molecule has 0 amide bonds. The molecule has 45 heavy (non-hydrogen) atoms. The Morgan fingerprint density at radius 2 is 0.911 bits per heavy atom. The lowest BCUT2D eigenvalue weighted by Gasteiger charge is -2.23. The maximum absolute atomic E-state index is 6.54. The van der Waals surface area contributed by atoms with E-state index in [1.54, 1.807) is 0 Å². The van der Waals surface area contributed by atoms with Crippen LogP contribution in [0.3, 0.4) is 0 Å². The minimum absolute atomic E-state index is 0.900. The van der Waals surface area contributed by atoms with Gasteiger partial charge in [-0.25, -0.2) is 0 Å². The van der Waals surface area contributed by atoms with E-state index in [9.17, 15) is 0 Å². The monoisotopic (exact) mass is 570 g/mol. The molecule has 0 N–H and O–H groups in total. The lowest BCUT2D eigenvalue weighted by atomic mass is 9.87. The van der Waals surface area contributed by atoms with Crippen molar-refractivity contribution in [3.63, 3.8) is 0 Å². The van der Waals surface area contributed by atoms with Gasteiger partial charge in [0.15, 0.2) is 0 Å². The second-order valence-electron chi connectivity index (χ2n) is 12.1. The maximum Gasteiger partial charge on any atom is 0.135 e. The van der Waals surface area contributed by atoms with Gasteiger partial charge >= 0.3 is 0 Å². The molecular formula is C44H26O. The fourth-order valence-corrected chi connectivity index (χ4v) is 7.54. The van der Waals surface area contributed by atoms with E-state index in [2.05, 4.69) is 158 Å². The Morgan fingerprint density at radius 1 is 0.289 bits per heavy atom. The van der Waals surface area contributed by atoms with Gasteiger partial charge in [0.25, 0.3) is 0 Å². The number of ether oxygens (including phenoxy) is 1. The first-order valence-electron chi connectivity index (χ1n) is 15.5. The van der Waals surface area contributed by atoms with Gasteiger partial charge in [0.1, 0.15) is 11.5 Å². The van der Waals surface area contributed by atoms with E-state index in [1.165, 1.54) is 82.0 Å². The first kappa shape index (κ1) is 24.5. The van der Waals surface area contributed by atoms with Crippen LogP contribution in [0.5, 0.6) is 11.5 Å². The summed E-state index contributed by atoms with van der Waals surface area (Å²) in [6.07, 6.45) is 0. The van der Waals surface area contributed by atoms with Crippen molar-refractivity contribution in [2.24, 2.45) is 0 Å². The average molecular weight is 571 g/mol. The highest BCUT2D eigenvalue weighted by atomic mass is 16.5. The molecule has 0 saturated heterocycles. The van der Waals surface area contributed by atoms with Crippen molar-refractivity contribution >= 4 is 43.1 Å². The van der Waals surface area contributed by atoms with Crippen molar-refractivity contribution in [1.29, 1.82) is 0 Å². The Labute approximate surface area is 260 Å². The number of rotatable bonds is 3. The molecule has 0 saturated carbocycles. The standard InChI is InChI=1S/C44H26O/c1-3-8-27(9-4-1)34-19-16-29-14-15-31-24-33(25-32-17-20-38(34)43(29)42(31)32)30-18-22-40-39(26-30)37-13-7-12-36-35(28-10-5-2-6-11-28)21-23-41(45-40)44(36)37/h1-26H. The van der Waals surface area contributed by atoms with Crippen molar-refractivity contribution in [2.45, 2.75) is 0 Å². The van der Waals surface area contributed by atoms with E-state index in [4.69, 9.17) is 4.74 Å². The molecule has 0 aromatic heterocycles. The van der Waals surface area contributed by atoms with Crippen LogP contribution >= 0.6 is 0 Å². The third-order valence-electron chi connectivity index (χ3n) is 9.59. The van der Waals surface area contributed by atoms with Crippen LogP contribution in [0.1, 0.15) is 0 Å². The zero-order valence-electron chi connectivity index (χ0n) is 24.4. The van der Waals surface area contributed by atoms with E-state index in [0.717, 1.165) is 17.1 Å². The molecule has 10 rings (SSSR count). The summed E-state index contributed by atoms with van der Waals surface area (Å²) in [5.41, 5.74) is 9.71. The summed E-state index contributed by atoms with van der Waals surface area (Å²) in [4.78, 5) is 0. The molecule has 1 nitrogen and oxygen atoms in total. The van der Waals surface area contributed by atoms with Gasteiger partial charge in [-0.2, -0.15) is 0 Å². The molecule has 0 spiro atoms. The Morgan fingerprint density at radius 3 is 1.67 bits per heavy atom. The van der Waals surface area contributed by atoms with Crippen molar-refractivity contribution in [3.8, 4) is 56.0 Å². The summed E-state index contributed by atoms with van der Waals surface area (Å²) < 4.78 is 6.54. The highest BCUT2D eigenvalue weighted by Gasteiger charge is 2.22. The third kappa shape index (κ3) is 3.62. The summed E-state index contributed by atoms with van der Waals surface area (Å²) in [5, 5.41) is 10.2. The van der Waals surface area contributed by atoms with E-state index in [0.29, 0.717) is 0 Å². The topological polar surface area (TPSA) is 9.23 Å². The molecule has 0 fully saturated rings. The molecule has 1 aliphatic rings. The molecule has 0 atom stereocenters. The summed E-state index contributed by atoms with van der Waals surface area (Å²) in [7, 11) is 0. The summed E-state index contributed by atoms with van der Waals surface area (Å²) >= 11 is 0. The van der Waals surface area contributed by atoms with Crippen molar-refractivity contribution in [1.82, 2.24) is 0 Å². The van der Waals surface area contributed by atoms with Crippen LogP contribution in [0.4, 0.5) is 0 Å². The molecule has 1 heteroatoms. The molecule has 9 aromatic rings. The van der Waals surface area contributed by atoms with Crippen LogP contribution in [-0.2, 0) is 0 Å². The quantitative estimate of drug-likeness (QED) is 0.192. The number of fused-ring (bicyclic) bond motifs is 2. The first-order valence-corrected chi connectivity index (χ1v) is 15.5. The fourth-order valence-electron chi connectivity index (χ4n) is 7.54. The summed E-state index contributed by atoms with van der Waals surface area (Å²) in [5.74, 6) is 1.82. The van der Waals surface area contributed by atoms with Gasteiger partial charge < -0.3 is 4.74 Å². The van der Waals surface area contributed by atoms with Crippen LogP contribution < -0.4 is 4.74 Å². The Bertz CT molecular complexity index is 2580. The molecule has 9 aromatic carbocycles. The largest absolute Gasteiger partial charge is 0.456 e. The third-order valence-corrected chi connectivity index (χ3v) is 9.59. The van der Waals surface area contributed by atoms with Crippen molar-refractivity contribution in [3.05, 3.63) is 158 Å². The predicted molar refractivity (Wildman–Crippen MR) is 189 cm³/mol. The Kier molecular flexibility index (Phi) is 5.06. The number of benzene rings is 9. The van der Waals surface area contributed by atoms with Crippen LogP contribution in [0.25, 0.3) is 87.6 Å².